The number of allylic oxidation sites excluding steroid dienone is 6. The molecular formula is C19H18NO+. The highest BCUT2D eigenvalue weighted by Crippen LogP contribution is 2.10. The van der Waals surface area contributed by atoms with Crippen molar-refractivity contribution in [3.8, 4) is 5.75 Å². The van der Waals surface area contributed by atoms with E-state index in [0.29, 0.717) is 0 Å². The van der Waals surface area contributed by atoms with E-state index in [1.807, 2.05) is 96.0 Å². The summed E-state index contributed by atoms with van der Waals surface area (Å²) in [5, 5.41) is 9.18. The number of nitrogens with zero attached hydrogens (tertiary/aromatic N) is 1. The average molecular weight is 276 g/mol. The number of benzene rings is 1. The maximum Gasteiger partial charge on any atom is 0.174 e. The molecule has 0 fully saturated rings. The van der Waals surface area contributed by atoms with Crippen molar-refractivity contribution >= 4 is 12.3 Å². The van der Waals surface area contributed by atoms with Crippen LogP contribution in [0.25, 0.3) is 12.3 Å². The maximum atomic E-state index is 9.18. The number of aromatic nitrogens is 1. The summed E-state index contributed by atoms with van der Waals surface area (Å²) >= 11 is 0. The highest BCUT2D eigenvalue weighted by atomic mass is 16.3. The molecule has 1 N–H and O–H groups in total. The molecule has 1 aromatic carbocycles. The number of phenolic OH excluding ortho intramolecular Hbond substituents is 1. The summed E-state index contributed by atoms with van der Waals surface area (Å²) in [6, 6.07) is 13.1. The van der Waals surface area contributed by atoms with Crippen LogP contribution < -0.4 is 4.57 Å². The third kappa shape index (κ3) is 5.74. The Bertz CT molecular complexity index is 650. The Kier molecular flexibility index (Phi) is 5.77. The molecule has 104 valence electrons. The highest BCUT2D eigenvalue weighted by molar-refractivity contribution is 5.52. The molecule has 2 rings (SSSR count). The molecule has 0 atom stereocenters. The Morgan fingerprint density at radius 3 is 2.05 bits per heavy atom. The van der Waals surface area contributed by atoms with Crippen molar-refractivity contribution in [3.05, 3.63) is 96.9 Å². The molecule has 2 heteroatoms. The number of phenols is 1. The van der Waals surface area contributed by atoms with Gasteiger partial charge in [0.25, 0.3) is 0 Å². The van der Waals surface area contributed by atoms with Crippen LogP contribution in [0.5, 0.6) is 5.75 Å². The molecule has 0 saturated heterocycles. The van der Waals surface area contributed by atoms with Crippen molar-refractivity contribution in [2.24, 2.45) is 0 Å². The molecule has 0 saturated carbocycles. The monoisotopic (exact) mass is 276 g/mol. The van der Waals surface area contributed by atoms with Crippen molar-refractivity contribution in [2.45, 2.75) is 0 Å². The van der Waals surface area contributed by atoms with Gasteiger partial charge >= 0.3 is 0 Å². The van der Waals surface area contributed by atoms with E-state index in [4.69, 9.17) is 0 Å². The van der Waals surface area contributed by atoms with Gasteiger partial charge in [0.05, 0.1) is 0 Å². The Morgan fingerprint density at radius 1 is 0.714 bits per heavy atom. The summed E-state index contributed by atoms with van der Waals surface area (Å²) in [6.07, 6.45) is 19.8. The zero-order valence-corrected chi connectivity index (χ0v) is 11.7. The van der Waals surface area contributed by atoms with Gasteiger partial charge in [-0.2, -0.15) is 4.57 Å². The van der Waals surface area contributed by atoms with Gasteiger partial charge in [0.2, 0.25) is 0 Å². The number of rotatable bonds is 5. The Balaban J connectivity index is 1.78. The maximum absolute atomic E-state index is 9.18. The predicted octanol–water partition coefficient (Wildman–Crippen LogP) is 3.98. The highest BCUT2D eigenvalue weighted by Gasteiger charge is 1.87. The summed E-state index contributed by atoms with van der Waals surface area (Å²) in [6.45, 7) is 0. The van der Waals surface area contributed by atoms with Gasteiger partial charge in [-0.3, -0.25) is 0 Å². The van der Waals surface area contributed by atoms with Gasteiger partial charge in [0.15, 0.2) is 18.6 Å². The van der Waals surface area contributed by atoms with E-state index in [1.165, 1.54) is 0 Å². The van der Waals surface area contributed by atoms with Gasteiger partial charge in [-0.05, 0) is 17.7 Å². The minimum absolute atomic E-state index is 0.286. The summed E-state index contributed by atoms with van der Waals surface area (Å²) < 4.78 is 1.98. The molecule has 2 aromatic rings. The Labute approximate surface area is 125 Å². The molecule has 0 bridgehead atoms. The standard InChI is InChI=1S/C19H17NO/c21-19-13-11-18(12-14-19)10-6-3-1-2-4-7-15-20-16-8-5-9-17-20/h1-17H/p+1/b3-1+,4-2+,10-6+,15-7+. The Morgan fingerprint density at radius 2 is 1.33 bits per heavy atom. The lowest BCUT2D eigenvalue weighted by atomic mass is 10.2. The van der Waals surface area contributed by atoms with Crippen LogP contribution in [0.4, 0.5) is 0 Å². The molecule has 0 aliphatic rings. The first-order valence-electron chi connectivity index (χ1n) is 6.77. The fourth-order valence-corrected chi connectivity index (χ4v) is 1.67. The van der Waals surface area contributed by atoms with Crippen LogP contribution in [0, 0.1) is 0 Å². The van der Waals surface area contributed by atoms with Crippen LogP contribution in [0.15, 0.2) is 91.3 Å². The molecular weight excluding hydrogens is 258 g/mol. The quantitative estimate of drug-likeness (QED) is 0.648. The summed E-state index contributed by atoms with van der Waals surface area (Å²) in [5.41, 5.74) is 1.06. The molecule has 21 heavy (non-hydrogen) atoms. The Hall–Kier alpha value is -2.87. The van der Waals surface area contributed by atoms with Gasteiger partial charge in [-0.1, -0.05) is 54.7 Å². The van der Waals surface area contributed by atoms with Crippen molar-refractivity contribution in [3.63, 3.8) is 0 Å². The first-order valence-corrected chi connectivity index (χ1v) is 6.77. The summed E-state index contributed by atoms with van der Waals surface area (Å²) in [7, 11) is 0. The van der Waals surface area contributed by atoms with E-state index in [2.05, 4.69) is 0 Å². The second kappa shape index (κ2) is 8.33. The molecule has 0 aliphatic heterocycles. The normalized spacial score (nSPS) is 12.2. The van der Waals surface area contributed by atoms with Crippen LogP contribution in [0.2, 0.25) is 0 Å². The van der Waals surface area contributed by atoms with Crippen LogP contribution in [0.3, 0.4) is 0 Å². The SMILES string of the molecule is Oc1ccc(/C=C/C=C/C=C/C=C/[n+]2ccccc2)cc1. The molecule has 0 spiro atoms. The van der Waals surface area contributed by atoms with Crippen molar-refractivity contribution < 1.29 is 9.67 Å². The number of aromatic hydroxyl groups is 1. The average Bonchev–Trinajstić information content (AvgIpc) is 2.53. The zero-order valence-electron chi connectivity index (χ0n) is 11.7. The second-order valence-corrected chi connectivity index (χ2v) is 4.38. The molecule has 1 aromatic heterocycles. The number of pyridine rings is 1. The summed E-state index contributed by atoms with van der Waals surface area (Å²) in [5.74, 6) is 0.286. The van der Waals surface area contributed by atoms with Gasteiger partial charge in [0, 0.05) is 18.2 Å². The topological polar surface area (TPSA) is 24.1 Å². The van der Waals surface area contributed by atoms with E-state index < -0.39 is 0 Å². The van der Waals surface area contributed by atoms with E-state index >= 15 is 0 Å². The molecule has 0 unspecified atom stereocenters. The van der Waals surface area contributed by atoms with Gasteiger partial charge < -0.3 is 5.11 Å². The number of hydrogen-bond donors (Lipinski definition) is 1. The van der Waals surface area contributed by atoms with Gasteiger partial charge in [0.1, 0.15) is 5.75 Å². The summed E-state index contributed by atoms with van der Waals surface area (Å²) in [4.78, 5) is 0. The first kappa shape index (κ1) is 14.5. The minimum Gasteiger partial charge on any atom is -0.508 e. The fourth-order valence-electron chi connectivity index (χ4n) is 1.67. The van der Waals surface area contributed by atoms with E-state index in [-0.39, 0.29) is 5.75 Å². The minimum atomic E-state index is 0.286. The zero-order chi connectivity index (χ0) is 14.8. The number of hydrogen-bond acceptors (Lipinski definition) is 1. The lowest BCUT2D eigenvalue weighted by Gasteiger charge is -1.92. The van der Waals surface area contributed by atoms with Crippen LogP contribution in [0.1, 0.15) is 5.56 Å². The molecule has 0 radical (unpaired) electrons. The molecule has 2 nitrogen and oxygen atoms in total. The van der Waals surface area contributed by atoms with E-state index in [0.717, 1.165) is 5.56 Å². The fraction of sp³-hybridized carbons (Fsp3) is 0. The van der Waals surface area contributed by atoms with Crippen LogP contribution >= 0.6 is 0 Å². The first-order chi connectivity index (χ1) is 10.3. The third-order valence-electron chi connectivity index (χ3n) is 2.73. The second-order valence-electron chi connectivity index (χ2n) is 4.38. The smallest absolute Gasteiger partial charge is 0.174 e. The van der Waals surface area contributed by atoms with Crippen molar-refractivity contribution in [1.29, 1.82) is 0 Å². The van der Waals surface area contributed by atoms with Gasteiger partial charge in [-0.15, -0.1) is 0 Å². The van der Waals surface area contributed by atoms with Crippen LogP contribution in [-0.2, 0) is 0 Å². The lowest BCUT2D eigenvalue weighted by Crippen LogP contribution is -2.23. The predicted molar refractivity (Wildman–Crippen MR) is 87.4 cm³/mol. The van der Waals surface area contributed by atoms with Crippen molar-refractivity contribution in [1.82, 2.24) is 0 Å². The lowest BCUT2D eigenvalue weighted by molar-refractivity contribution is -0.568. The van der Waals surface area contributed by atoms with Gasteiger partial charge in [-0.25, -0.2) is 0 Å². The third-order valence-corrected chi connectivity index (χ3v) is 2.73. The van der Waals surface area contributed by atoms with Crippen molar-refractivity contribution in [2.75, 3.05) is 0 Å². The largest absolute Gasteiger partial charge is 0.508 e. The van der Waals surface area contributed by atoms with E-state index in [1.54, 1.807) is 12.1 Å². The molecule has 0 amide bonds. The van der Waals surface area contributed by atoms with Crippen LogP contribution in [-0.4, -0.2) is 5.11 Å². The molecule has 0 aliphatic carbocycles. The molecule has 1 heterocycles. The van der Waals surface area contributed by atoms with E-state index in [9.17, 15) is 5.11 Å².